The average molecular weight is 476 g/mol. The van der Waals surface area contributed by atoms with Crippen molar-refractivity contribution < 1.29 is 14.3 Å². The van der Waals surface area contributed by atoms with Gasteiger partial charge in [-0.05, 0) is 36.5 Å². The Bertz CT molecular complexity index is 1310. The molecular formula is C28H30FN3O3. The lowest BCUT2D eigenvalue weighted by Gasteiger charge is -2.50. The molecule has 2 aliphatic rings. The highest BCUT2D eigenvalue weighted by molar-refractivity contribution is 5.83. The van der Waals surface area contributed by atoms with E-state index in [2.05, 4.69) is 17.1 Å². The first kappa shape index (κ1) is 23.4. The molecule has 182 valence electrons. The fourth-order valence-corrected chi connectivity index (χ4v) is 5.26. The Kier molecular flexibility index (Phi) is 5.83. The van der Waals surface area contributed by atoms with Gasteiger partial charge in [-0.1, -0.05) is 56.3 Å². The third-order valence-corrected chi connectivity index (χ3v) is 7.75. The molecule has 0 radical (unpaired) electrons. The number of nitrogens with zero attached hydrogens (tertiary/aromatic N) is 3. The van der Waals surface area contributed by atoms with Crippen molar-refractivity contribution in [2.75, 3.05) is 13.1 Å². The van der Waals surface area contributed by atoms with Crippen molar-refractivity contribution in [3.8, 4) is 11.3 Å². The van der Waals surface area contributed by atoms with Crippen LogP contribution in [0.15, 0.2) is 71.8 Å². The molecule has 1 aliphatic carbocycles. The zero-order chi connectivity index (χ0) is 24.8. The number of carbonyl (C=O) groups excluding carboxylic acids is 1. The Balaban J connectivity index is 1.28. The van der Waals surface area contributed by atoms with Gasteiger partial charge < -0.3 is 10.0 Å². The minimum atomic E-state index is -1.20. The molecule has 2 aromatic carbocycles. The number of piperidine rings is 1. The molecule has 0 bridgehead atoms. The summed E-state index contributed by atoms with van der Waals surface area (Å²) in [5.41, 5.74) is -0.474. The van der Waals surface area contributed by atoms with Crippen LogP contribution in [-0.4, -0.2) is 44.2 Å². The quantitative estimate of drug-likeness (QED) is 0.608. The summed E-state index contributed by atoms with van der Waals surface area (Å²) in [4.78, 5) is 32.2. The standard InChI is InChI=1S/C28H30FN3O3/c1-27(2)16-31(26(34)22-14-21(22)19-8-4-3-5-9-19)13-12-28(27,35)17-32-18-30-24(15-25(32)33)20-10-6-7-11-23(20)29/h3-11,15,18,21-22,35H,12-14,16-17H2,1-2H3. The Morgan fingerprint density at radius 3 is 2.54 bits per heavy atom. The largest absolute Gasteiger partial charge is 0.387 e. The first-order valence-electron chi connectivity index (χ1n) is 12.1. The maximum absolute atomic E-state index is 14.1. The predicted octanol–water partition coefficient (Wildman–Crippen LogP) is 3.84. The summed E-state index contributed by atoms with van der Waals surface area (Å²) in [5, 5.41) is 11.6. The SMILES string of the molecule is CC1(C)CN(C(=O)C2CC2c2ccccc2)CCC1(O)Cn1cnc(-c2ccccc2F)cc1=O. The normalized spacial score (nSPS) is 25.3. The number of aliphatic hydroxyl groups is 1. The Hall–Kier alpha value is -3.32. The average Bonchev–Trinajstić information content (AvgIpc) is 3.64. The monoisotopic (exact) mass is 475 g/mol. The smallest absolute Gasteiger partial charge is 0.253 e. The van der Waals surface area contributed by atoms with Crippen LogP contribution in [0.1, 0.15) is 38.2 Å². The summed E-state index contributed by atoms with van der Waals surface area (Å²) >= 11 is 0. The zero-order valence-electron chi connectivity index (χ0n) is 20.0. The summed E-state index contributed by atoms with van der Waals surface area (Å²) in [5.74, 6) is -0.0384. The van der Waals surface area contributed by atoms with Gasteiger partial charge in [0, 0.05) is 36.1 Å². The van der Waals surface area contributed by atoms with Gasteiger partial charge in [0.05, 0.1) is 24.2 Å². The van der Waals surface area contributed by atoms with E-state index < -0.39 is 16.8 Å². The van der Waals surface area contributed by atoms with Gasteiger partial charge in [0.1, 0.15) is 5.82 Å². The van der Waals surface area contributed by atoms with Gasteiger partial charge in [-0.15, -0.1) is 0 Å². The minimum Gasteiger partial charge on any atom is -0.387 e. The number of halogens is 1. The predicted molar refractivity (Wildman–Crippen MR) is 131 cm³/mol. The first-order valence-corrected chi connectivity index (χ1v) is 12.1. The Morgan fingerprint density at radius 2 is 1.86 bits per heavy atom. The van der Waals surface area contributed by atoms with Crippen LogP contribution in [0, 0.1) is 17.2 Å². The molecule has 1 aromatic heterocycles. The molecule has 3 atom stereocenters. The van der Waals surface area contributed by atoms with E-state index in [0.29, 0.717) is 19.5 Å². The van der Waals surface area contributed by atoms with E-state index in [1.54, 1.807) is 18.2 Å². The van der Waals surface area contributed by atoms with E-state index in [-0.39, 0.29) is 41.1 Å². The molecule has 1 saturated heterocycles. The minimum absolute atomic E-state index is 0.00265. The zero-order valence-corrected chi connectivity index (χ0v) is 20.0. The van der Waals surface area contributed by atoms with Crippen LogP contribution in [-0.2, 0) is 11.3 Å². The van der Waals surface area contributed by atoms with Gasteiger partial charge in [0.2, 0.25) is 5.91 Å². The van der Waals surface area contributed by atoms with Crippen molar-refractivity contribution in [1.29, 1.82) is 0 Å². The number of amides is 1. The van der Waals surface area contributed by atoms with Gasteiger partial charge in [-0.25, -0.2) is 9.37 Å². The van der Waals surface area contributed by atoms with E-state index in [9.17, 15) is 19.1 Å². The lowest BCUT2D eigenvalue weighted by Crippen LogP contribution is -2.61. The molecule has 1 amide bonds. The van der Waals surface area contributed by atoms with Crippen molar-refractivity contribution in [2.24, 2.45) is 11.3 Å². The second-order valence-corrected chi connectivity index (χ2v) is 10.5. The van der Waals surface area contributed by atoms with E-state index in [0.717, 1.165) is 6.42 Å². The van der Waals surface area contributed by atoms with Crippen LogP contribution in [0.2, 0.25) is 0 Å². The number of hydrogen-bond acceptors (Lipinski definition) is 4. The van der Waals surface area contributed by atoms with Gasteiger partial charge in [0.25, 0.3) is 5.56 Å². The Labute approximate surface area is 204 Å². The van der Waals surface area contributed by atoms with E-state index in [4.69, 9.17) is 0 Å². The highest BCUT2D eigenvalue weighted by Crippen LogP contribution is 2.49. The van der Waals surface area contributed by atoms with Gasteiger partial charge in [0.15, 0.2) is 0 Å². The van der Waals surface area contributed by atoms with Gasteiger partial charge >= 0.3 is 0 Å². The molecule has 1 saturated carbocycles. The molecule has 1 aliphatic heterocycles. The molecule has 5 rings (SSSR count). The summed E-state index contributed by atoms with van der Waals surface area (Å²) in [6.45, 7) is 4.77. The van der Waals surface area contributed by atoms with Crippen LogP contribution in [0.3, 0.4) is 0 Å². The lowest BCUT2D eigenvalue weighted by molar-refractivity contribution is -0.155. The molecule has 2 heterocycles. The van der Waals surface area contributed by atoms with Gasteiger partial charge in [-0.2, -0.15) is 0 Å². The van der Waals surface area contributed by atoms with Crippen molar-refractivity contribution in [2.45, 2.75) is 44.8 Å². The summed E-state index contributed by atoms with van der Waals surface area (Å²) < 4.78 is 15.5. The summed E-state index contributed by atoms with van der Waals surface area (Å²) in [6, 6.07) is 17.6. The van der Waals surface area contributed by atoms with Crippen molar-refractivity contribution in [3.63, 3.8) is 0 Å². The fraction of sp³-hybridized carbons (Fsp3) is 0.393. The molecular weight excluding hydrogens is 445 g/mol. The second kappa shape index (κ2) is 8.72. The topological polar surface area (TPSA) is 75.4 Å². The maximum atomic E-state index is 14.1. The van der Waals surface area contributed by atoms with Crippen LogP contribution in [0.4, 0.5) is 4.39 Å². The van der Waals surface area contributed by atoms with Crippen LogP contribution in [0.5, 0.6) is 0 Å². The summed E-state index contributed by atoms with van der Waals surface area (Å²) in [7, 11) is 0. The molecule has 3 aromatic rings. The van der Waals surface area contributed by atoms with Crippen LogP contribution >= 0.6 is 0 Å². The van der Waals surface area contributed by atoms with Gasteiger partial charge in [-0.3, -0.25) is 14.2 Å². The van der Waals surface area contributed by atoms with E-state index in [1.165, 1.54) is 28.6 Å². The number of benzene rings is 2. The van der Waals surface area contributed by atoms with E-state index >= 15 is 0 Å². The van der Waals surface area contributed by atoms with Crippen LogP contribution in [0.25, 0.3) is 11.3 Å². The second-order valence-electron chi connectivity index (χ2n) is 10.5. The highest BCUT2D eigenvalue weighted by atomic mass is 19.1. The van der Waals surface area contributed by atoms with Crippen molar-refractivity contribution in [1.82, 2.24) is 14.5 Å². The molecule has 35 heavy (non-hydrogen) atoms. The third-order valence-electron chi connectivity index (χ3n) is 7.75. The number of carbonyl (C=O) groups is 1. The molecule has 3 unspecified atom stereocenters. The Morgan fingerprint density at radius 1 is 1.14 bits per heavy atom. The number of likely N-dealkylation sites (tertiary alicyclic amines) is 1. The number of hydrogen-bond donors (Lipinski definition) is 1. The first-order chi connectivity index (χ1) is 16.7. The van der Waals surface area contributed by atoms with Crippen molar-refractivity contribution >= 4 is 5.91 Å². The maximum Gasteiger partial charge on any atom is 0.253 e. The van der Waals surface area contributed by atoms with Crippen molar-refractivity contribution in [3.05, 3.63) is 88.7 Å². The molecule has 7 heteroatoms. The number of aromatic nitrogens is 2. The third kappa shape index (κ3) is 4.41. The van der Waals surface area contributed by atoms with Crippen LogP contribution < -0.4 is 5.56 Å². The molecule has 0 spiro atoms. The fourth-order valence-electron chi connectivity index (χ4n) is 5.26. The summed E-state index contributed by atoms with van der Waals surface area (Å²) in [6.07, 6.45) is 2.58. The van der Waals surface area contributed by atoms with E-state index in [1.807, 2.05) is 36.9 Å². The molecule has 1 N–H and O–H groups in total. The highest BCUT2D eigenvalue weighted by Gasteiger charge is 2.52. The molecule has 6 nitrogen and oxygen atoms in total. The number of rotatable bonds is 5. The molecule has 2 fully saturated rings. The lowest BCUT2D eigenvalue weighted by atomic mass is 9.69.